The Hall–Kier alpha value is -1.81. The van der Waals surface area contributed by atoms with E-state index in [1.54, 1.807) is 6.07 Å². The number of carbonyl (C=O) groups is 1. The molecule has 0 radical (unpaired) electrons. The Morgan fingerprint density at radius 1 is 1.41 bits per heavy atom. The Bertz CT molecular complexity index is 586. The number of H-pyrrole nitrogens is 1. The largest absolute Gasteiger partial charge is 0.465 e. The van der Waals surface area contributed by atoms with Gasteiger partial charge in [0.1, 0.15) is 0 Å². The van der Waals surface area contributed by atoms with Crippen LogP contribution < -0.4 is 5.32 Å². The summed E-state index contributed by atoms with van der Waals surface area (Å²) in [7, 11) is 1.41. The number of aromatic amines is 1. The van der Waals surface area contributed by atoms with Crippen molar-refractivity contribution in [2.24, 2.45) is 0 Å². The normalized spacial score (nSPS) is 14.6. The highest BCUT2D eigenvalue weighted by Gasteiger charge is 2.16. The molecule has 1 aliphatic heterocycles. The minimum Gasteiger partial charge on any atom is -0.465 e. The molecule has 2 N–H and O–H groups in total. The Labute approximate surface area is 99.0 Å². The van der Waals surface area contributed by atoms with E-state index in [9.17, 15) is 4.79 Å². The van der Waals surface area contributed by atoms with Crippen molar-refractivity contribution < 1.29 is 9.53 Å². The van der Waals surface area contributed by atoms with Crippen LogP contribution in [0.25, 0.3) is 10.9 Å². The Kier molecular flexibility index (Phi) is 2.37. The molecule has 0 fully saturated rings. The molecule has 2 aromatic rings. The fraction of sp³-hybridized carbons (Fsp3) is 0.308. The highest BCUT2D eigenvalue weighted by molar-refractivity contribution is 5.96. The molecule has 2 heterocycles. The molecule has 1 aromatic heterocycles. The average Bonchev–Trinajstić information content (AvgIpc) is 2.75. The van der Waals surface area contributed by atoms with Crippen LogP contribution in [0, 0.1) is 0 Å². The number of carbonyl (C=O) groups excluding carboxylic acids is 1. The van der Waals surface area contributed by atoms with Crippen molar-refractivity contribution in [3.63, 3.8) is 0 Å². The lowest BCUT2D eigenvalue weighted by atomic mass is 10.0. The van der Waals surface area contributed by atoms with Crippen LogP contribution in [0.3, 0.4) is 0 Å². The summed E-state index contributed by atoms with van der Waals surface area (Å²) in [6, 6.07) is 5.66. The molecule has 0 amide bonds. The first-order chi connectivity index (χ1) is 8.29. The third kappa shape index (κ3) is 1.61. The summed E-state index contributed by atoms with van der Waals surface area (Å²) in [5.41, 5.74) is 4.25. The molecule has 0 saturated heterocycles. The van der Waals surface area contributed by atoms with E-state index >= 15 is 0 Å². The fourth-order valence-corrected chi connectivity index (χ4v) is 2.41. The van der Waals surface area contributed by atoms with Crippen LogP contribution in [0.2, 0.25) is 0 Å². The first-order valence-corrected chi connectivity index (χ1v) is 5.72. The molecule has 0 bridgehead atoms. The molecule has 88 valence electrons. The van der Waals surface area contributed by atoms with Gasteiger partial charge in [-0.05, 0) is 36.7 Å². The smallest absolute Gasteiger partial charge is 0.337 e. The van der Waals surface area contributed by atoms with E-state index in [2.05, 4.69) is 10.3 Å². The van der Waals surface area contributed by atoms with E-state index in [0.29, 0.717) is 5.56 Å². The van der Waals surface area contributed by atoms with Gasteiger partial charge in [-0.15, -0.1) is 0 Å². The number of nitrogens with one attached hydrogen (secondary N) is 2. The van der Waals surface area contributed by atoms with Crippen LogP contribution in [0.1, 0.15) is 21.6 Å². The van der Waals surface area contributed by atoms with Crippen LogP contribution in [0.4, 0.5) is 0 Å². The quantitative estimate of drug-likeness (QED) is 0.732. The zero-order chi connectivity index (χ0) is 11.8. The Morgan fingerprint density at radius 3 is 3.12 bits per heavy atom. The topological polar surface area (TPSA) is 54.1 Å². The van der Waals surface area contributed by atoms with E-state index in [4.69, 9.17) is 4.74 Å². The second-order valence-corrected chi connectivity index (χ2v) is 4.26. The van der Waals surface area contributed by atoms with Crippen molar-refractivity contribution in [2.75, 3.05) is 13.7 Å². The predicted molar refractivity (Wildman–Crippen MR) is 65.0 cm³/mol. The number of benzene rings is 1. The first kappa shape index (κ1) is 10.4. The lowest BCUT2D eigenvalue weighted by Crippen LogP contribution is -2.23. The molecule has 0 saturated carbocycles. The molecule has 4 nitrogen and oxygen atoms in total. The molecular formula is C13H14N2O2. The fourth-order valence-electron chi connectivity index (χ4n) is 2.41. The summed E-state index contributed by atoms with van der Waals surface area (Å²) in [5, 5.41) is 4.47. The third-order valence-corrected chi connectivity index (χ3v) is 3.27. The standard InChI is InChI=1S/C13H14N2O2/c1-17-13(16)8-2-3-11-10(6-8)9-4-5-14-7-12(9)15-11/h2-3,6,14-15H,4-5,7H2,1H3. The summed E-state index contributed by atoms with van der Waals surface area (Å²) >= 11 is 0. The summed E-state index contributed by atoms with van der Waals surface area (Å²) in [6.07, 6.45) is 1.000. The highest BCUT2D eigenvalue weighted by Crippen LogP contribution is 2.26. The number of methoxy groups -OCH3 is 1. The zero-order valence-electron chi connectivity index (χ0n) is 9.67. The van der Waals surface area contributed by atoms with Crippen LogP contribution in [0.15, 0.2) is 18.2 Å². The monoisotopic (exact) mass is 230 g/mol. The van der Waals surface area contributed by atoms with Gasteiger partial charge in [0.05, 0.1) is 12.7 Å². The second kappa shape index (κ2) is 3.89. The molecule has 0 aliphatic carbocycles. The van der Waals surface area contributed by atoms with Crippen molar-refractivity contribution in [2.45, 2.75) is 13.0 Å². The Morgan fingerprint density at radius 2 is 2.29 bits per heavy atom. The molecule has 0 atom stereocenters. The molecule has 3 rings (SSSR count). The zero-order valence-corrected chi connectivity index (χ0v) is 9.67. The van der Waals surface area contributed by atoms with Crippen LogP contribution >= 0.6 is 0 Å². The predicted octanol–water partition coefficient (Wildman–Crippen LogP) is 1.60. The van der Waals surface area contributed by atoms with Crippen molar-refractivity contribution >= 4 is 16.9 Å². The van der Waals surface area contributed by atoms with Gasteiger partial charge >= 0.3 is 5.97 Å². The SMILES string of the molecule is COC(=O)c1ccc2[nH]c3c(c2c1)CCNC3. The van der Waals surface area contributed by atoms with Gasteiger partial charge < -0.3 is 15.0 Å². The van der Waals surface area contributed by atoms with Gasteiger partial charge in [-0.2, -0.15) is 0 Å². The van der Waals surface area contributed by atoms with E-state index in [0.717, 1.165) is 30.4 Å². The lowest BCUT2D eigenvalue weighted by Gasteiger charge is -2.12. The van der Waals surface area contributed by atoms with E-state index in [1.807, 2.05) is 12.1 Å². The number of ether oxygens (including phenoxy) is 1. The number of hydrogen-bond donors (Lipinski definition) is 2. The minimum absolute atomic E-state index is 0.282. The maximum Gasteiger partial charge on any atom is 0.337 e. The maximum atomic E-state index is 11.5. The number of rotatable bonds is 1. The van der Waals surface area contributed by atoms with Gasteiger partial charge in [-0.1, -0.05) is 0 Å². The number of hydrogen-bond acceptors (Lipinski definition) is 3. The highest BCUT2D eigenvalue weighted by atomic mass is 16.5. The average molecular weight is 230 g/mol. The summed E-state index contributed by atoms with van der Waals surface area (Å²) in [4.78, 5) is 14.9. The van der Waals surface area contributed by atoms with E-state index in [1.165, 1.54) is 18.4 Å². The molecule has 17 heavy (non-hydrogen) atoms. The molecule has 1 aliphatic rings. The van der Waals surface area contributed by atoms with Gasteiger partial charge in [0.2, 0.25) is 0 Å². The number of esters is 1. The molecular weight excluding hydrogens is 216 g/mol. The van der Waals surface area contributed by atoms with Crippen molar-refractivity contribution in [3.05, 3.63) is 35.0 Å². The molecule has 0 spiro atoms. The molecule has 4 heteroatoms. The molecule has 0 unspecified atom stereocenters. The van der Waals surface area contributed by atoms with Crippen LogP contribution in [0.5, 0.6) is 0 Å². The van der Waals surface area contributed by atoms with E-state index < -0.39 is 0 Å². The van der Waals surface area contributed by atoms with Crippen LogP contribution in [-0.2, 0) is 17.7 Å². The van der Waals surface area contributed by atoms with E-state index in [-0.39, 0.29) is 5.97 Å². The van der Waals surface area contributed by atoms with Crippen molar-refractivity contribution in [3.8, 4) is 0 Å². The number of fused-ring (bicyclic) bond motifs is 3. The minimum atomic E-state index is -0.282. The van der Waals surface area contributed by atoms with Gasteiger partial charge in [0.25, 0.3) is 0 Å². The summed E-state index contributed by atoms with van der Waals surface area (Å²) in [5.74, 6) is -0.282. The Balaban J connectivity index is 2.17. The van der Waals surface area contributed by atoms with Crippen molar-refractivity contribution in [1.82, 2.24) is 10.3 Å². The third-order valence-electron chi connectivity index (χ3n) is 3.27. The van der Waals surface area contributed by atoms with Gasteiger partial charge in [-0.25, -0.2) is 4.79 Å². The van der Waals surface area contributed by atoms with Gasteiger partial charge in [0.15, 0.2) is 0 Å². The van der Waals surface area contributed by atoms with Gasteiger partial charge in [0, 0.05) is 23.1 Å². The lowest BCUT2D eigenvalue weighted by molar-refractivity contribution is 0.0601. The van der Waals surface area contributed by atoms with Crippen LogP contribution in [-0.4, -0.2) is 24.6 Å². The van der Waals surface area contributed by atoms with Crippen molar-refractivity contribution in [1.29, 1.82) is 0 Å². The maximum absolute atomic E-state index is 11.5. The second-order valence-electron chi connectivity index (χ2n) is 4.26. The van der Waals surface area contributed by atoms with Gasteiger partial charge in [-0.3, -0.25) is 0 Å². The summed E-state index contributed by atoms with van der Waals surface area (Å²) < 4.78 is 4.74. The number of aromatic nitrogens is 1. The summed E-state index contributed by atoms with van der Waals surface area (Å²) in [6.45, 7) is 1.86. The molecule has 1 aromatic carbocycles. The first-order valence-electron chi connectivity index (χ1n) is 5.72.